The number of rotatable bonds is 7. The molecule has 0 aromatic carbocycles. The first-order chi connectivity index (χ1) is 6.68. The second kappa shape index (κ2) is 15.3. The molecular weight excluding hydrogens is 184 g/mol. The molecule has 0 radical (unpaired) electrons. The van der Waals surface area contributed by atoms with Crippen molar-refractivity contribution in [3.8, 4) is 0 Å². The third kappa shape index (κ3) is 22.6. The Labute approximate surface area is 86.0 Å². The number of nitrogens with two attached hydrogens (primary N) is 2. The maximum absolute atomic E-state index is 8.11. The summed E-state index contributed by atoms with van der Waals surface area (Å²) in [5.41, 5.74) is 10.5. The van der Waals surface area contributed by atoms with Gasteiger partial charge in [-0.15, -0.1) is 0 Å². The fraction of sp³-hybridized carbons (Fsp3) is 1.00. The van der Waals surface area contributed by atoms with Crippen molar-refractivity contribution in [2.24, 2.45) is 11.5 Å². The molecule has 0 aromatic rings. The molecule has 5 heteroatoms. The van der Waals surface area contributed by atoms with Crippen LogP contribution in [0.4, 0.5) is 0 Å². The standard InChI is InChI=1S/C6H16N2O.C3H8O2/c7-3-1-5-9-6-2-4-8;1-3(5)2-4/h1-8H2;3-5H,2H2,1H3. The Kier molecular flexibility index (Phi) is 17.7. The second-order valence-corrected chi connectivity index (χ2v) is 2.93. The van der Waals surface area contributed by atoms with Crippen LogP contribution in [-0.4, -0.2) is 49.2 Å². The second-order valence-electron chi connectivity index (χ2n) is 2.93. The zero-order valence-electron chi connectivity index (χ0n) is 8.98. The summed E-state index contributed by atoms with van der Waals surface area (Å²) < 4.78 is 5.15. The highest BCUT2D eigenvalue weighted by Crippen LogP contribution is 1.81. The van der Waals surface area contributed by atoms with Crippen LogP contribution in [0.15, 0.2) is 0 Å². The van der Waals surface area contributed by atoms with Crippen LogP contribution in [0.25, 0.3) is 0 Å². The van der Waals surface area contributed by atoms with E-state index in [9.17, 15) is 0 Å². The highest BCUT2D eigenvalue weighted by Gasteiger charge is 1.84. The van der Waals surface area contributed by atoms with Crippen molar-refractivity contribution < 1.29 is 14.9 Å². The van der Waals surface area contributed by atoms with Gasteiger partial charge < -0.3 is 26.4 Å². The van der Waals surface area contributed by atoms with E-state index in [-0.39, 0.29) is 6.61 Å². The van der Waals surface area contributed by atoms with E-state index in [4.69, 9.17) is 26.4 Å². The van der Waals surface area contributed by atoms with Gasteiger partial charge in [0.05, 0.1) is 12.7 Å². The Morgan fingerprint density at radius 3 is 1.71 bits per heavy atom. The smallest absolute Gasteiger partial charge is 0.0742 e. The van der Waals surface area contributed by atoms with Gasteiger partial charge >= 0.3 is 0 Å². The van der Waals surface area contributed by atoms with Gasteiger partial charge in [-0.2, -0.15) is 0 Å². The molecule has 0 rings (SSSR count). The van der Waals surface area contributed by atoms with Gasteiger partial charge in [-0.3, -0.25) is 0 Å². The summed E-state index contributed by atoms with van der Waals surface area (Å²) in [6.45, 7) is 4.36. The molecule has 0 saturated carbocycles. The molecule has 88 valence electrons. The van der Waals surface area contributed by atoms with Crippen LogP contribution in [0, 0.1) is 0 Å². The maximum atomic E-state index is 8.11. The topological polar surface area (TPSA) is 102 Å². The molecule has 0 amide bonds. The van der Waals surface area contributed by atoms with E-state index in [1.54, 1.807) is 0 Å². The molecule has 0 bridgehead atoms. The minimum Gasteiger partial charge on any atom is -0.394 e. The van der Waals surface area contributed by atoms with Gasteiger partial charge in [0.2, 0.25) is 0 Å². The largest absolute Gasteiger partial charge is 0.394 e. The van der Waals surface area contributed by atoms with Crippen LogP contribution >= 0.6 is 0 Å². The van der Waals surface area contributed by atoms with Crippen molar-refractivity contribution in [3.63, 3.8) is 0 Å². The first-order valence-electron chi connectivity index (χ1n) is 4.95. The minimum atomic E-state index is -0.560. The molecule has 0 saturated heterocycles. The van der Waals surface area contributed by atoms with Crippen molar-refractivity contribution in [2.45, 2.75) is 25.9 Å². The molecule has 0 aromatic heterocycles. The molecule has 0 aliphatic carbocycles. The Bertz CT molecular complexity index is 86.1. The van der Waals surface area contributed by atoms with Crippen LogP contribution in [0.3, 0.4) is 0 Å². The van der Waals surface area contributed by atoms with Crippen LogP contribution in [0.2, 0.25) is 0 Å². The number of aliphatic hydroxyl groups is 2. The normalized spacial score (nSPS) is 11.8. The van der Waals surface area contributed by atoms with E-state index in [0.717, 1.165) is 26.1 Å². The quantitative estimate of drug-likeness (QED) is 0.404. The summed E-state index contributed by atoms with van der Waals surface area (Å²) >= 11 is 0. The first-order valence-corrected chi connectivity index (χ1v) is 4.95. The lowest BCUT2D eigenvalue weighted by atomic mass is 10.4. The van der Waals surface area contributed by atoms with E-state index >= 15 is 0 Å². The van der Waals surface area contributed by atoms with Crippen LogP contribution in [0.5, 0.6) is 0 Å². The van der Waals surface area contributed by atoms with E-state index in [1.807, 2.05) is 0 Å². The van der Waals surface area contributed by atoms with Gasteiger partial charge in [-0.1, -0.05) is 0 Å². The zero-order valence-corrected chi connectivity index (χ0v) is 8.98. The lowest BCUT2D eigenvalue weighted by Crippen LogP contribution is -2.08. The van der Waals surface area contributed by atoms with Crippen LogP contribution in [-0.2, 0) is 4.74 Å². The Balaban J connectivity index is 0. The summed E-state index contributed by atoms with van der Waals surface area (Å²) in [5.74, 6) is 0. The van der Waals surface area contributed by atoms with Gasteiger partial charge in [0.25, 0.3) is 0 Å². The fourth-order valence-electron chi connectivity index (χ4n) is 0.473. The molecule has 14 heavy (non-hydrogen) atoms. The number of aliphatic hydroxyl groups excluding tert-OH is 2. The molecule has 1 atom stereocenters. The molecule has 1 unspecified atom stereocenters. The van der Waals surface area contributed by atoms with Crippen molar-refractivity contribution in [2.75, 3.05) is 32.9 Å². The van der Waals surface area contributed by atoms with Gasteiger partial charge in [-0.25, -0.2) is 0 Å². The van der Waals surface area contributed by atoms with E-state index < -0.39 is 6.10 Å². The van der Waals surface area contributed by atoms with Crippen molar-refractivity contribution >= 4 is 0 Å². The van der Waals surface area contributed by atoms with E-state index in [0.29, 0.717) is 13.1 Å². The predicted octanol–water partition coefficient (Wildman–Crippen LogP) is -0.940. The molecule has 0 aliphatic rings. The Morgan fingerprint density at radius 1 is 1.14 bits per heavy atom. The number of hydrogen-bond acceptors (Lipinski definition) is 5. The van der Waals surface area contributed by atoms with Crippen LogP contribution in [0.1, 0.15) is 19.8 Å². The summed E-state index contributed by atoms with van der Waals surface area (Å²) in [4.78, 5) is 0. The van der Waals surface area contributed by atoms with Gasteiger partial charge in [0.15, 0.2) is 0 Å². The molecule has 6 N–H and O–H groups in total. The lowest BCUT2D eigenvalue weighted by molar-refractivity contribution is 0.110. The highest BCUT2D eigenvalue weighted by atomic mass is 16.5. The SMILES string of the molecule is CC(O)CO.NCCCOCCCN. The highest BCUT2D eigenvalue weighted by molar-refractivity contribution is 4.38. The average molecular weight is 208 g/mol. The zero-order chi connectivity index (χ0) is 11.2. The molecular formula is C9H24N2O3. The van der Waals surface area contributed by atoms with Crippen molar-refractivity contribution in [3.05, 3.63) is 0 Å². The first kappa shape index (κ1) is 16.2. The van der Waals surface area contributed by atoms with Gasteiger partial charge in [-0.05, 0) is 32.9 Å². The Morgan fingerprint density at radius 2 is 1.50 bits per heavy atom. The van der Waals surface area contributed by atoms with Crippen LogP contribution < -0.4 is 11.5 Å². The molecule has 5 nitrogen and oxygen atoms in total. The minimum absolute atomic E-state index is 0.139. The number of ether oxygens (including phenoxy) is 1. The Hall–Kier alpha value is -0.200. The molecule has 0 spiro atoms. The molecule has 0 fully saturated rings. The lowest BCUT2D eigenvalue weighted by Gasteiger charge is -1.99. The third-order valence-electron chi connectivity index (χ3n) is 1.25. The van der Waals surface area contributed by atoms with Gasteiger partial charge in [0.1, 0.15) is 0 Å². The summed E-state index contributed by atoms with van der Waals surface area (Å²) in [6, 6.07) is 0. The van der Waals surface area contributed by atoms with Crippen molar-refractivity contribution in [1.82, 2.24) is 0 Å². The van der Waals surface area contributed by atoms with Gasteiger partial charge in [0, 0.05) is 13.2 Å². The number of hydrogen-bond donors (Lipinski definition) is 4. The van der Waals surface area contributed by atoms with E-state index in [1.165, 1.54) is 6.92 Å². The van der Waals surface area contributed by atoms with Crippen molar-refractivity contribution in [1.29, 1.82) is 0 Å². The summed E-state index contributed by atoms with van der Waals surface area (Å²) in [7, 11) is 0. The monoisotopic (exact) mass is 208 g/mol. The summed E-state index contributed by atoms with van der Waals surface area (Å²) in [5, 5.41) is 16.0. The maximum Gasteiger partial charge on any atom is 0.0742 e. The average Bonchev–Trinajstić information content (AvgIpc) is 2.19. The predicted molar refractivity (Wildman–Crippen MR) is 56.9 cm³/mol. The fourth-order valence-corrected chi connectivity index (χ4v) is 0.473. The van der Waals surface area contributed by atoms with E-state index in [2.05, 4.69) is 0 Å². The molecule has 0 aliphatic heterocycles. The third-order valence-corrected chi connectivity index (χ3v) is 1.25. The molecule has 0 heterocycles. The summed E-state index contributed by atoms with van der Waals surface area (Å²) in [6.07, 6.45) is 1.34.